The van der Waals surface area contributed by atoms with Crippen molar-refractivity contribution < 1.29 is 23.9 Å². The number of nitrogens with one attached hydrogen (secondary N) is 1. The summed E-state index contributed by atoms with van der Waals surface area (Å²) < 4.78 is 4.86. The van der Waals surface area contributed by atoms with Crippen molar-refractivity contribution in [1.82, 2.24) is 10.2 Å². The minimum absolute atomic E-state index is 0.233. The van der Waals surface area contributed by atoms with E-state index in [0.717, 1.165) is 10.5 Å². The van der Waals surface area contributed by atoms with Crippen LogP contribution in [-0.2, 0) is 20.7 Å². The fraction of sp³-hybridized carbons (Fsp3) is 0.304. The first-order chi connectivity index (χ1) is 15.0. The summed E-state index contributed by atoms with van der Waals surface area (Å²) in [6, 6.07) is 13.8. The Balaban J connectivity index is 1.84. The van der Waals surface area contributed by atoms with Gasteiger partial charge in [0, 0.05) is 6.42 Å². The second-order valence-corrected chi connectivity index (χ2v) is 8.08. The topological polar surface area (TPSA) is 92.8 Å². The van der Waals surface area contributed by atoms with E-state index in [2.05, 4.69) is 5.32 Å². The van der Waals surface area contributed by atoms with Gasteiger partial charge in [-0.3, -0.25) is 19.3 Å². The van der Waals surface area contributed by atoms with E-state index in [1.54, 1.807) is 24.3 Å². The number of hydrogen-bond donors (Lipinski definition) is 1. The van der Waals surface area contributed by atoms with Crippen LogP contribution in [0.1, 0.15) is 32.7 Å². The van der Waals surface area contributed by atoms with Crippen molar-refractivity contribution in [1.29, 1.82) is 0 Å². The predicted molar refractivity (Wildman–Crippen MR) is 118 cm³/mol. The summed E-state index contributed by atoms with van der Waals surface area (Å²) in [4.78, 5) is 52.4. The second-order valence-electron chi connectivity index (χ2n) is 7.10. The van der Waals surface area contributed by atoms with Gasteiger partial charge >= 0.3 is 5.97 Å². The van der Waals surface area contributed by atoms with Crippen molar-refractivity contribution in [2.24, 2.45) is 0 Å². The molecule has 1 heterocycles. The van der Waals surface area contributed by atoms with Gasteiger partial charge in [-0.05, 0) is 36.1 Å². The summed E-state index contributed by atoms with van der Waals surface area (Å²) in [6.07, 6.45) is 2.39. The minimum atomic E-state index is -1.03. The van der Waals surface area contributed by atoms with Gasteiger partial charge in [0.1, 0.15) is 12.1 Å². The molecule has 0 saturated heterocycles. The first-order valence-corrected chi connectivity index (χ1v) is 11.2. The van der Waals surface area contributed by atoms with Crippen molar-refractivity contribution in [3.63, 3.8) is 0 Å². The van der Waals surface area contributed by atoms with Gasteiger partial charge in [-0.1, -0.05) is 42.5 Å². The van der Waals surface area contributed by atoms with E-state index in [1.165, 1.54) is 18.9 Å². The molecule has 2 aromatic carbocycles. The van der Waals surface area contributed by atoms with Crippen LogP contribution < -0.4 is 5.32 Å². The lowest BCUT2D eigenvalue weighted by atomic mass is 10.0. The zero-order valence-corrected chi connectivity index (χ0v) is 18.2. The molecule has 1 aliphatic rings. The summed E-state index contributed by atoms with van der Waals surface area (Å²) in [6.45, 7) is 0. The Kier molecular flexibility index (Phi) is 7.46. The highest BCUT2D eigenvalue weighted by Crippen LogP contribution is 2.26. The molecule has 162 valence electrons. The minimum Gasteiger partial charge on any atom is -0.467 e. The molecule has 0 fully saturated rings. The summed E-state index contributed by atoms with van der Waals surface area (Å²) in [5.74, 6) is -1.59. The lowest BCUT2D eigenvalue weighted by Gasteiger charge is -2.27. The Bertz CT molecular complexity index is 944. The average Bonchev–Trinajstić information content (AvgIpc) is 3.04. The fourth-order valence-corrected chi connectivity index (χ4v) is 4.01. The molecular formula is C23H24N2O5S. The molecule has 1 aliphatic heterocycles. The molecule has 1 N–H and O–H groups in total. The Labute approximate surface area is 185 Å². The largest absolute Gasteiger partial charge is 0.467 e. The number of imide groups is 1. The molecule has 7 nitrogen and oxygen atoms in total. The maximum absolute atomic E-state index is 13.2. The Hall–Kier alpha value is -3.13. The summed E-state index contributed by atoms with van der Waals surface area (Å²) in [5, 5.41) is 2.70. The first kappa shape index (κ1) is 22.6. The van der Waals surface area contributed by atoms with Gasteiger partial charge in [0.15, 0.2) is 0 Å². The van der Waals surface area contributed by atoms with Crippen LogP contribution in [0, 0.1) is 0 Å². The van der Waals surface area contributed by atoms with E-state index < -0.39 is 35.8 Å². The number of fused-ring (bicyclic) bond motifs is 1. The monoisotopic (exact) mass is 440 g/mol. The standard InChI is InChI=1S/C23H24N2O5S/c1-30-23(29)18(14-15-8-4-3-5-9-15)24-20(26)19(12-13-31-2)25-21(27)16-10-6-7-11-17(16)22(25)28/h3-11,18-19H,12-14H2,1-2H3,(H,24,26). The second kappa shape index (κ2) is 10.3. The predicted octanol–water partition coefficient (Wildman–Crippen LogP) is 2.30. The third-order valence-corrected chi connectivity index (χ3v) is 5.76. The van der Waals surface area contributed by atoms with Gasteiger partial charge in [0.25, 0.3) is 11.8 Å². The van der Waals surface area contributed by atoms with Crippen molar-refractivity contribution in [3.05, 3.63) is 71.3 Å². The molecule has 0 saturated carbocycles. The van der Waals surface area contributed by atoms with Gasteiger partial charge < -0.3 is 10.1 Å². The molecule has 2 atom stereocenters. The van der Waals surface area contributed by atoms with E-state index in [0.29, 0.717) is 5.75 Å². The van der Waals surface area contributed by atoms with Gasteiger partial charge in [-0.2, -0.15) is 11.8 Å². The van der Waals surface area contributed by atoms with Crippen LogP contribution in [0.15, 0.2) is 54.6 Å². The molecule has 2 aromatic rings. The van der Waals surface area contributed by atoms with E-state index in [1.807, 2.05) is 36.6 Å². The number of amides is 3. The van der Waals surface area contributed by atoms with Crippen molar-refractivity contribution in [2.75, 3.05) is 19.1 Å². The number of hydrogen-bond acceptors (Lipinski definition) is 6. The lowest BCUT2D eigenvalue weighted by Crippen LogP contribution is -2.54. The summed E-state index contributed by atoms with van der Waals surface area (Å²) in [7, 11) is 1.25. The Morgan fingerprint density at radius 3 is 2.13 bits per heavy atom. The molecule has 0 bridgehead atoms. The fourth-order valence-electron chi connectivity index (χ4n) is 3.55. The molecule has 31 heavy (non-hydrogen) atoms. The number of esters is 1. The van der Waals surface area contributed by atoms with Crippen molar-refractivity contribution >= 4 is 35.5 Å². The number of benzene rings is 2. The van der Waals surface area contributed by atoms with Gasteiger partial charge in [0.05, 0.1) is 18.2 Å². The highest BCUT2D eigenvalue weighted by atomic mass is 32.2. The summed E-state index contributed by atoms with van der Waals surface area (Å²) in [5.41, 5.74) is 1.41. The Morgan fingerprint density at radius 1 is 1.00 bits per heavy atom. The molecule has 0 spiro atoms. The van der Waals surface area contributed by atoms with E-state index >= 15 is 0 Å². The maximum Gasteiger partial charge on any atom is 0.328 e. The molecule has 0 radical (unpaired) electrons. The molecule has 3 amide bonds. The highest BCUT2D eigenvalue weighted by Gasteiger charge is 2.43. The van der Waals surface area contributed by atoms with Crippen LogP contribution in [0.4, 0.5) is 0 Å². The van der Waals surface area contributed by atoms with Crippen molar-refractivity contribution in [2.45, 2.75) is 24.9 Å². The van der Waals surface area contributed by atoms with E-state index in [4.69, 9.17) is 4.74 Å². The molecule has 8 heteroatoms. The third-order valence-electron chi connectivity index (χ3n) is 5.12. The van der Waals surface area contributed by atoms with Gasteiger partial charge in [-0.25, -0.2) is 4.79 Å². The SMILES string of the molecule is COC(=O)C(Cc1ccccc1)NC(=O)C(CCSC)N1C(=O)c2ccccc2C1=O. The number of carbonyl (C=O) groups is 4. The van der Waals surface area contributed by atoms with Gasteiger partial charge in [-0.15, -0.1) is 0 Å². The zero-order chi connectivity index (χ0) is 22.4. The molecule has 3 rings (SSSR count). The normalized spacial score (nSPS) is 14.7. The van der Waals surface area contributed by atoms with Crippen LogP contribution in [0.25, 0.3) is 0 Å². The number of carbonyl (C=O) groups excluding carboxylic acids is 4. The van der Waals surface area contributed by atoms with Crippen LogP contribution in [0.3, 0.4) is 0 Å². The zero-order valence-electron chi connectivity index (χ0n) is 17.4. The number of nitrogens with zero attached hydrogens (tertiary/aromatic N) is 1. The van der Waals surface area contributed by atoms with Crippen molar-refractivity contribution in [3.8, 4) is 0 Å². The van der Waals surface area contributed by atoms with E-state index in [-0.39, 0.29) is 24.0 Å². The molecule has 0 aliphatic carbocycles. The Morgan fingerprint density at radius 2 is 1.58 bits per heavy atom. The quantitative estimate of drug-likeness (QED) is 0.475. The molecule has 2 unspecified atom stereocenters. The van der Waals surface area contributed by atoms with E-state index in [9.17, 15) is 19.2 Å². The first-order valence-electron chi connectivity index (χ1n) is 9.86. The summed E-state index contributed by atoms with van der Waals surface area (Å²) >= 11 is 1.50. The number of ether oxygens (including phenoxy) is 1. The van der Waals surface area contributed by atoms with Crippen LogP contribution in [-0.4, -0.2) is 59.8 Å². The highest BCUT2D eigenvalue weighted by molar-refractivity contribution is 7.98. The smallest absolute Gasteiger partial charge is 0.328 e. The van der Waals surface area contributed by atoms with Gasteiger partial charge in [0.2, 0.25) is 5.91 Å². The number of rotatable bonds is 9. The number of methoxy groups -OCH3 is 1. The van der Waals surface area contributed by atoms with Crippen LogP contribution in [0.5, 0.6) is 0 Å². The molecular weight excluding hydrogens is 416 g/mol. The lowest BCUT2D eigenvalue weighted by molar-refractivity contribution is -0.145. The number of thioether (sulfide) groups is 1. The average molecular weight is 441 g/mol. The third kappa shape index (κ3) is 4.96. The molecule has 0 aromatic heterocycles. The maximum atomic E-state index is 13.2. The van der Waals surface area contributed by atoms with Crippen LogP contribution >= 0.6 is 11.8 Å². The van der Waals surface area contributed by atoms with Crippen LogP contribution in [0.2, 0.25) is 0 Å².